The van der Waals surface area contributed by atoms with Crippen molar-refractivity contribution in [1.29, 1.82) is 0 Å². The average molecular weight is 486 g/mol. The molecule has 2 aromatic heterocycles. The van der Waals surface area contributed by atoms with E-state index in [1.165, 1.54) is 5.56 Å². The van der Waals surface area contributed by atoms with Crippen LogP contribution in [0.2, 0.25) is 0 Å². The molecular weight excluding hydrogens is 458 g/mol. The molecule has 4 aromatic rings. The molecule has 5 rings (SSSR count). The van der Waals surface area contributed by atoms with Gasteiger partial charge in [-0.25, -0.2) is 9.97 Å². The van der Waals surface area contributed by atoms with Crippen molar-refractivity contribution in [3.8, 4) is 0 Å². The smallest absolute Gasteiger partial charge is 0.255 e. The lowest BCUT2D eigenvalue weighted by Crippen LogP contribution is -2.40. The van der Waals surface area contributed by atoms with Gasteiger partial charge in [-0.15, -0.1) is 0 Å². The molecule has 8 heteroatoms. The van der Waals surface area contributed by atoms with Gasteiger partial charge in [-0.3, -0.25) is 9.59 Å². The van der Waals surface area contributed by atoms with Gasteiger partial charge in [-0.05, 0) is 80.3 Å². The monoisotopic (exact) mass is 485 g/mol. The van der Waals surface area contributed by atoms with Gasteiger partial charge >= 0.3 is 0 Å². The normalized spacial score (nSPS) is 15.7. The zero-order valence-electron chi connectivity index (χ0n) is 19.7. The molecule has 0 spiro atoms. The Morgan fingerprint density at radius 3 is 2.69 bits per heavy atom. The number of amides is 2. The highest BCUT2D eigenvalue weighted by Crippen LogP contribution is 2.30. The van der Waals surface area contributed by atoms with E-state index in [0.717, 1.165) is 46.1 Å². The first-order valence-electron chi connectivity index (χ1n) is 11.7. The summed E-state index contributed by atoms with van der Waals surface area (Å²) in [7, 11) is 0. The molecule has 3 heterocycles. The Hall–Kier alpha value is -3.78. The summed E-state index contributed by atoms with van der Waals surface area (Å²) in [6, 6.07) is 16.7. The van der Waals surface area contributed by atoms with Gasteiger partial charge in [-0.2, -0.15) is 0 Å². The molecule has 0 bridgehead atoms. The number of nitrogens with one attached hydrogen (secondary N) is 2. The van der Waals surface area contributed by atoms with Crippen molar-refractivity contribution in [3.63, 3.8) is 0 Å². The first-order valence-corrected chi connectivity index (χ1v) is 12.5. The van der Waals surface area contributed by atoms with Crippen LogP contribution >= 0.6 is 11.3 Å². The number of anilines is 3. The van der Waals surface area contributed by atoms with Crippen molar-refractivity contribution >= 4 is 50.0 Å². The van der Waals surface area contributed by atoms with E-state index in [0.29, 0.717) is 17.8 Å². The lowest BCUT2D eigenvalue weighted by molar-refractivity contribution is -0.120. The largest absolute Gasteiger partial charge is 0.347 e. The molecule has 1 atom stereocenters. The van der Waals surface area contributed by atoms with E-state index in [1.54, 1.807) is 35.7 Å². The summed E-state index contributed by atoms with van der Waals surface area (Å²) >= 11 is 1.56. The van der Waals surface area contributed by atoms with E-state index in [2.05, 4.69) is 20.5 Å². The maximum absolute atomic E-state index is 13.1. The van der Waals surface area contributed by atoms with Gasteiger partial charge in [0, 0.05) is 36.2 Å². The maximum Gasteiger partial charge on any atom is 0.255 e. The van der Waals surface area contributed by atoms with Crippen LogP contribution in [0.3, 0.4) is 0 Å². The molecule has 178 valence electrons. The highest BCUT2D eigenvalue weighted by atomic mass is 32.1. The zero-order chi connectivity index (χ0) is 24.4. The highest BCUT2D eigenvalue weighted by molar-refractivity contribution is 7.21. The van der Waals surface area contributed by atoms with Gasteiger partial charge in [0.1, 0.15) is 10.3 Å². The van der Waals surface area contributed by atoms with Crippen LogP contribution in [0.4, 0.5) is 16.5 Å². The van der Waals surface area contributed by atoms with Gasteiger partial charge in [0.25, 0.3) is 5.91 Å². The fourth-order valence-corrected chi connectivity index (χ4v) is 5.21. The standard InChI is InChI=1S/C27H27N5O2S/c1-17-10-11-22(14-18(17)2)30-24(33)19-6-3-8-21(15-19)29-25(34)20-7-5-13-32(16-20)27-31-23-9-4-12-28-26(23)35-27/h3-4,6,8-12,14-15,20H,5,7,13,16H2,1-2H3,(H,29,34)(H,30,33)/t20-/m0/s1. The van der Waals surface area contributed by atoms with Crippen molar-refractivity contribution in [3.05, 3.63) is 77.5 Å². The number of aryl methyl sites for hydroxylation is 2. The number of pyridine rings is 1. The number of hydrogen-bond donors (Lipinski definition) is 2. The summed E-state index contributed by atoms with van der Waals surface area (Å²) < 4.78 is 0. The quantitative estimate of drug-likeness (QED) is 0.394. The molecule has 7 nitrogen and oxygen atoms in total. The predicted molar refractivity (Wildman–Crippen MR) is 141 cm³/mol. The van der Waals surface area contributed by atoms with Crippen molar-refractivity contribution < 1.29 is 9.59 Å². The predicted octanol–water partition coefficient (Wildman–Crippen LogP) is 5.42. The number of carbonyl (C=O) groups excluding carboxylic acids is 2. The van der Waals surface area contributed by atoms with Gasteiger partial charge in [0.2, 0.25) is 5.91 Å². The Balaban J connectivity index is 1.24. The molecule has 1 saturated heterocycles. The Morgan fingerprint density at radius 1 is 1.00 bits per heavy atom. The van der Waals surface area contributed by atoms with Crippen LogP contribution in [0.25, 0.3) is 10.3 Å². The average Bonchev–Trinajstić information content (AvgIpc) is 3.31. The molecule has 0 radical (unpaired) electrons. The van der Waals surface area contributed by atoms with Crippen molar-refractivity contribution in [2.45, 2.75) is 26.7 Å². The second kappa shape index (κ2) is 9.84. The molecule has 0 saturated carbocycles. The molecule has 1 aliphatic rings. The van der Waals surface area contributed by atoms with Gasteiger partial charge < -0.3 is 15.5 Å². The van der Waals surface area contributed by atoms with E-state index >= 15 is 0 Å². The van der Waals surface area contributed by atoms with Gasteiger partial charge in [-0.1, -0.05) is 23.5 Å². The van der Waals surface area contributed by atoms with Crippen LogP contribution < -0.4 is 15.5 Å². The number of thiazole rings is 1. The number of benzene rings is 2. The van der Waals surface area contributed by atoms with Gasteiger partial charge in [0.05, 0.1) is 5.92 Å². The Bertz CT molecular complexity index is 1370. The first kappa shape index (κ1) is 23.0. The molecule has 2 N–H and O–H groups in total. The first-order chi connectivity index (χ1) is 17.0. The molecule has 0 aliphatic carbocycles. The van der Waals surface area contributed by atoms with E-state index in [-0.39, 0.29) is 17.7 Å². The molecule has 0 unspecified atom stereocenters. The molecule has 2 amide bonds. The SMILES string of the molecule is Cc1ccc(NC(=O)c2cccc(NC(=O)[C@H]3CCCN(c4nc5cccnc5s4)C3)c2)cc1C. The third kappa shape index (κ3) is 5.17. The van der Waals surface area contributed by atoms with E-state index in [1.807, 2.05) is 50.2 Å². The number of carbonyl (C=O) groups is 2. The number of nitrogens with zero attached hydrogens (tertiary/aromatic N) is 3. The Labute approximate surface area is 208 Å². The third-order valence-electron chi connectivity index (χ3n) is 6.37. The van der Waals surface area contributed by atoms with Crippen LogP contribution in [-0.2, 0) is 4.79 Å². The van der Waals surface area contributed by atoms with Crippen LogP contribution in [0, 0.1) is 19.8 Å². The van der Waals surface area contributed by atoms with Crippen LogP contribution in [0.5, 0.6) is 0 Å². The molecular formula is C27H27N5O2S. The summed E-state index contributed by atoms with van der Waals surface area (Å²) in [5.74, 6) is -0.407. The second-order valence-corrected chi connectivity index (χ2v) is 9.89. The van der Waals surface area contributed by atoms with E-state index in [9.17, 15) is 9.59 Å². The molecule has 35 heavy (non-hydrogen) atoms. The molecule has 1 aliphatic heterocycles. The summed E-state index contributed by atoms with van der Waals surface area (Å²) in [6.45, 7) is 5.53. The van der Waals surface area contributed by atoms with Crippen molar-refractivity contribution in [2.24, 2.45) is 5.92 Å². The second-order valence-electron chi connectivity index (χ2n) is 8.93. The van der Waals surface area contributed by atoms with Gasteiger partial charge in [0.15, 0.2) is 5.13 Å². The Kier molecular flexibility index (Phi) is 6.46. The van der Waals surface area contributed by atoms with Crippen LogP contribution in [-0.4, -0.2) is 34.9 Å². The van der Waals surface area contributed by atoms with E-state index in [4.69, 9.17) is 4.98 Å². The summed E-state index contributed by atoms with van der Waals surface area (Å²) in [5, 5.41) is 6.85. The zero-order valence-corrected chi connectivity index (χ0v) is 20.6. The molecule has 1 fully saturated rings. The Morgan fingerprint density at radius 2 is 1.86 bits per heavy atom. The summed E-state index contributed by atoms with van der Waals surface area (Å²) in [5.41, 5.74) is 5.04. The van der Waals surface area contributed by atoms with Crippen molar-refractivity contribution in [1.82, 2.24) is 9.97 Å². The number of rotatable bonds is 5. The topological polar surface area (TPSA) is 87.2 Å². The lowest BCUT2D eigenvalue weighted by Gasteiger charge is -2.31. The van der Waals surface area contributed by atoms with Crippen molar-refractivity contribution in [2.75, 3.05) is 28.6 Å². The minimum atomic E-state index is -0.211. The number of fused-ring (bicyclic) bond motifs is 1. The maximum atomic E-state index is 13.1. The summed E-state index contributed by atoms with van der Waals surface area (Å²) in [4.78, 5) is 38.0. The highest BCUT2D eigenvalue weighted by Gasteiger charge is 2.27. The fraction of sp³-hybridized carbons (Fsp3) is 0.259. The minimum absolute atomic E-state index is 0.0411. The van der Waals surface area contributed by atoms with Crippen LogP contribution in [0.15, 0.2) is 60.8 Å². The molecule has 2 aromatic carbocycles. The van der Waals surface area contributed by atoms with Crippen LogP contribution in [0.1, 0.15) is 34.3 Å². The minimum Gasteiger partial charge on any atom is -0.347 e. The number of piperidine rings is 1. The summed E-state index contributed by atoms with van der Waals surface area (Å²) in [6.07, 6.45) is 3.51. The number of aromatic nitrogens is 2. The fourth-order valence-electron chi connectivity index (χ4n) is 4.26. The van der Waals surface area contributed by atoms with E-state index < -0.39 is 0 Å². The number of hydrogen-bond acceptors (Lipinski definition) is 6. The third-order valence-corrected chi connectivity index (χ3v) is 7.41. The lowest BCUT2D eigenvalue weighted by atomic mass is 9.97.